The summed E-state index contributed by atoms with van der Waals surface area (Å²) in [5.74, 6) is 2.54. The molecule has 0 aliphatic carbocycles. The van der Waals surface area contributed by atoms with E-state index in [1.165, 1.54) is 0 Å². The third-order valence-electron chi connectivity index (χ3n) is 4.02. The summed E-state index contributed by atoms with van der Waals surface area (Å²) in [4.78, 5) is 4.14. The van der Waals surface area contributed by atoms with Crippen LogP contribution in [-0.2, 0) is 16.4 Å². The highest BCUT2D eigenvalue weighted by molar-refractivity contribution is 9.10. The summed E-state index contributed by atoms with van der Waals surface area (Å²) in [6.45, 7) is 0.468. The number of sulfone groups is 1. The highest BCUT2D eigenvalue weighted by Crippen LogP contribution is 2.23. The Balaban J connectivity index is 1.56. The van der Waals surface area contributed by atoms with Crippen LogP contribution in [0, 0.1) is 0 Å². The molecular formula is C17H20BrN3O3S. The molecule has 6 nitrogen and oxygen atoms in total. The highest BCUT2D eigenvalue weighted by atomic mass is 79.9. The molecule has 1 saturated heterocycles. The van der Waals surface area contributed by atoms with Crippen molar-refractivity contribution in [2.45, 2.75) is 19.0 Å². The fourth-order valence-corrected chi connectivity index (χ4v) is 4.65. The lowest BCUT2D eigenvalue weighted by molar-refractivity contribution is 0.512. The van der Waals surface area contributed by atoms with Gasteiger partial charge < -0.3 is 15.1 Å². The summed E-state index contributed by atoms with van der Waals surface area (Å²) < 4.78 is 29.9. The average molecular weight is 426 g/mol. The number of guanidine groups is 1. The molecule has 8 heteroatoms. The maximum absolute atomic E-state index is 11.5. The molecule has 2 aromatic rings. The van der Waals surface area contributed by atoms with Crippen LogP contribution in [0.3, 0.4) is 0 Å². The van der Waals surface area contributed by atoms with Gasteiger partial charge in [0.2, 0.25) is 0 Å². The minimum atomic E-state index is -2.91. The molecule has 0 bridgehead atoms. The molecule has 3 rings (SSSR count). The van der Waals surface area contributed by atoms with E-state index in [2.05, 4.69) is 31.6 Å². The number of hydrogen-bond acceptors (Lipinski definition) is 4. The van der Waals surface area contributed by atoms with Crippen LogP contribution < -0.4 is 10.6 Å². The van der Waals surface area contributed by atoms with Gasteiger partial charge >= 0.3 is 0 Å². The molecule has 25 heavy (non-hydrogen) atoms. The Kier molecular flexibility index (Phi) is 5.48. The van der Waals surface area contributed by atoms with Gasteiger partial charge in [-0.25, -0.2) is 8.42 Å². The molecule has 1 aromatic heterocycles. The molecule has 1 aliphatic rings. The van der Waals surface area contributed by atoms with E-state index in [1.54, 1.807) is 7.05 Å². The second kappa shape index (κ2) is 7.61. The van der Waals surface area contributed by atoms with Crippen molar-refractivity contribution in [3.05, 3.63) is 46.6 Å². The van der Waals surface area contributed by atoms with Crippen LogP contribution in [0.15, 0.2) is 50.3 Å². The normalized spacial score (nSPS) is 19.8. The first-order valence-corrected chi connectivity index (χ1v) is 10.6. The van der Waals surface area contributed by atoms with Crippen molar-refractivity contribution >= 4 is 31.7 Å². The zero-order valence-corrected chi connectivity index (χ0v) is 16.2. The van der Waals surface area contributed by atoms with Gasteiger partial charge in [-0.3, -0.25) is 4.99 Å². The van der Waals surface area contributed by atoms with Crippen LogP contribution in [0.1, 0.15) is 12.2 Å². The molecule has 1 atom stereocenters. The van der Waals surface area contributed by atoms with Crippen LogP contribution in [0.4, 0.5) is 0 Å². The minimum Gasteiger partial charge on any atom is -0.459 e. The molecule has 1 aromatic carbocycles. The predicted octanol–water partition coefficient (Wildman–Crippen LogP) is 2.56. The zero-order valence-electron chi connectivity index (χ0n) is 13.8. The number of halogens is 1. The Labute approximate surface area is 155 Å². The lowest BCUT2D eigenvalue weighted by atomic mass is 10.2. The highest BCUT2D eigenvalue weighted by Gasteiger charge is 2.28. The summed E-state index contributed by atoms with van der Waals surface area (Å²) in [6, 6.07) is 11.7. The molecule has 0 radical (unpaired) electrons. The molecule has 0 spiro atoms. The second-order valence-electron chi connectivity index (χ2n) is 5.94. The second-order valence-corrected chi connectivity index (χ2v) is 9.09. The number of rotatable bonds is 4. The number of nitrogens with one attached hydrogen (secondary N) is 2. The Morgan fingerprint density at radius 3 is 2.68 bits per heavy atom. The van der Waals surface area contributed by atoms with Crippen LogP contribution in [0.5, 0.6) is 0 Å². The van der Waals surface area contributed by atoms with Gasteiger partial charge in [-0.15, -0.1) is 0 Å². The van der Waals surface area contributed by atoms with E-state index in [0.29, 0.717) is 18.9 Å². The fourth-order valence-electron chi connectivity index (χ4n) is 2.71. The van der Waals surface area contributed by atoms with Crippen LogP contribution in [-0.4, -0.2) is 39.0 Å². The molecule has 2 N–H and O–H groups in total. The standard InChI is InChI=1S/C17H20BrN3O3S/c1-19-17(21-14-8-9-25(22,23)11-14)20-10-15-6-7-16(24-15)12-2-4-13(18)5-3-12/h2-7,14H,8-11H2,1H3,(H2,19,20,21). The Morgan fingerprint density at radius 1 is 1.28 bits per heavy atom. The van der Waals surface area contributed by atoms with Crippen molar-refractivity contribution in [1.82, 2.24) is 10.6 Å². The van der Waals surface area contributed by atoms with Crippen molar-refractivity contribution < 1.29 is 12.8 Å². The average Bonchev–Trinajstić information content (AvgIpc) is 3.18. The lowest BCUT2D eigenvalue weighted by Gasteiger charge is -2.15. The topological polar surface area (TPSA) is 83.7 Å². The monoisotopic (exact) mass is 425 g/mol. The zero-order chi connectivity index (χ0) is 17.9. The van der Waals surface area contributed by atoms with Crippen molar-refractivity contribution in [3.63, 3.8) is 0 Å². The Hall–Kier alpha value is -1.80. The SMILES string of the molecule is CN=C(NCc1ccc(-c2ccc(Br)cc2)o1)NC1CCS(=O)(=O)C1. The van der Waals surface area contributed by atoms with E-state index in [9.17, 15) is 8.42 Å². The molecular weight excluding hydrogens is 406 g/mol. The summed E-state index contributed by atoms with van der Waals surface area (Å²) in [5.41, 5.74) is 1.01. The first kappa shape index (κ1) is 18.0. The van der Waals surface area contributed by atoms with E-state index < -0.39 is 9.84 Å². The summed E-state index contributed by atoms with van der Waals surface area (Å²) >= 11 is 3.42. The van der Waals surface area contributed by atoms with Gasteiger partial charge in [0.25, 0.3) is 0 Å². The maximum atomic E-state index is 11.5. The molecule has 1 aliphatic heterocycles. The summed E-state index contributed by atoms with van der Waals surface area (Å²) in [6.07, 6.45) is 0.609. The van der Waals surface area contributed by atoms with Gasteiger partial charge in [0, 0.05) is 23.1 Å². The third-order valence-corrected chi connectivity index (χ3v) is 6.31. The minimum absolute atomic E-state index is 0.0915. The third kappa shape index (κ3) is 4.85. The molecule has 0 saturated carbocycles. The first-order valence-electron chi connectivity index (χ1n) is 7.97. The van der Waals surface area contributed by atoms with Gasteiger partial charge in [-0.2, -0.15) is 0 Å². The number of furan rings is 1. The Bertz CT molecular complexity index is 860. The van der Waals surface area contributed by atoms with Crippen LogP contribution in [0.2, 0.25) is 0 Å². The molecule has 1 unspecified atom stereocenters. The predicted molar refractivity (Wildman–Crippen MR) is 102 cm³/mol. The van der Waals surface area contributed by atoms with E-state index >= 15 is 0 Å². The summed E-state index contributed by atoms with van der Waals surface area (Å²) in [7, 11) is -1.25. The van der Waals surface area contributed by atoms with Gasteiger partial charge in [0.05, 0.1) is 18.1 Å². The molecule has 2 heterocycles. The van der Waals surface area contributed by atoms with Gasteiger partial charge in [-0.05, 0) is 30.7 Å². The van der Waals surface area contributed by atoms with E-state index in [4.69, 9.17) is 4.42 Å². The quantitative estimate of drug-likeness (QED) is 0.580. The van der Waals surface area contributed by atoms with Crippen molar-refractivity contribution in [3.8, 4) is 11.3 Å². The fraction of sp³-hybridized carbons (Fsp3) is 0.353. The molecule has 0 amide bonds. The first-order chi connectivity index (χ1) is 11.9. The van der Waals surface area contributed by atoms with Gasteiger partial charge in [-0.1, -0.05) is 28.1 Å². The maximum Gasteiger partial charge on any atom is 0.191 e. The lowest BCUT2D eigenvalue weighted by Crippen LogP contribution is -2.43. The van der Waals surface area contributed by atoms with E-state index in [-0.39, 0.29) is 17.5 Å². The van der Waals surface area contributed by atoms with Crippen molar-refractivity contribution in [2.75, 3.05) is 18.6 Å². The number of aliphatic imine (C=N–C) groups is 1. The van der Waals surface area contributed by atoms with Crippen molar-refractivity contribution in [2.24, 2.45) is 4.99 Å². The smallest absolute Gasteiger partial charge is 0.191 e. The van der Waals surface area contributed by atoms with Crippen LogP contribution >= 0.6 is 15.9 Å². The van der Waals surface area contributed by atoms with Crippen LogP contribution in [0.25, 0.3) is 11.3 Å². The van der Waals surface area contributed by atoms with Gasteiger partial charge in [0.1, 0.15) is 11.5 Å². The Morgan fingerprint density at radius 2 is 2.04 bits per heavy atom. The molecule has 1 fully saturated rings. The molecule has 134 valence electrons. The van der Waals surface area contributed by atoms with Gasteiger partial charge in [0.15, 0.2) is 15.8 Å². The van der Waals surface area contributed by atoms with Crippen molar-refractivity contribution in [1.29, 1.82) is 0 Å². The number of nitrogens with zero attached hydrogens (tertiary/aromatic N) is 1. The summed E-state index contributed by atoms with van der Waals surface area (Å²) in [5, 5.41) is 6.31. The van der Waals surface area contributed by atoms with E-state index in [0.717, 1.165) is 21.6 Å². The number of benzene rings is 1. The largest absolute Gasteiger partial charge is 0.459 e. The van der Waals surface area contributed by atoms with E-state index in [1.807, 2.05) is 36.4 Å². The number of hydrogen-bond donors (Lipinski definition) is 2.